The SMILES string of the molecule is CC1=CCC[C@H](C)[C@H]1c1c(C)nn(-c2cc(Oc3ccc4c5ccccc5n(-c5cc(C(C)(C)C)ccn5)c4c3)cc(C(C)(C)C)c2)c1C. The third-order valence-corrected chi connectivity index (χ3v) is 10.5. The summed E-state index contributed by atoms with van der Waals surface area (Å²) in [7, 11) is 0. The van der Waals surface area contributed by atoms with Crippen LogP contribution in [0.25, 0.3) is 33.3 Å². The first-order valence-corrected chi connectivity index (χ1v) is 17.8. The van der Waals surface area contributed by atoms with Crippen LogP contribution in [-0.2, 0) is 10.8 Å². The quantitative estimate of drug-likeness (QED) is 0.174. The second-order valence-electron chi connectivity index (χ2n) is 16.2. The zero-order chi connectivity index (χ0) is 34.8. The predicted octanol–water partition coefficient (Wildman–Crippen LogP) is 11.8. The summed E-state index contributed by atoms with van der Waals surface area (Å²) in [5.41, 5.74) is 10.7. The number of benzene rings is 3. The fourth-order valence-electron chi connectivity index (χ4n) is 7.79. The van der Waals surface area contributed by atoms with Crippen LogP contribution in [0.3, 0.4) is 0 Å². The number of para-hydroxylation sites is 1. The van der Waals surface area contributed by atoms with Gasteiger partial charge in [0, 0.05) is 46.3 Å². The lowest BCUT2D eigenvalue weighted by Crippen LogP contribution is -2.16. The van der Waals surface area contributed by atoms with E-state index in [2.05, 4.69) is 157 Å². The molecule has 0 saturated carbocycles. The molecule has 0 fully saturated rings. The maximum Gasteiger partial charge on any atom is 0.137 e. The third kappa shape index (κ3) is 5.98. The van der Waals surface area contributed by atoms with E-state index < -0.39 is 0 Å². The van der Waals surface area contributed by atoms with E-state index in [1.165, 1.54) is 45.2 Å². The number of allylic oxidation sites excluding steroid dienone is 2. The Bertz CT molecular complexity index is 2230. The topological polar surface area (TPSA) is 44.9 Å². The van der Waals surface area contributed by atoms with Crippen LogP contribution in [0.4, 0.5) is 0 Å². The molecule has 0 bridgehead atoms. The first-order valence-electron chi connectivity index (χ1n) is 17.8. The summed E-state index contributed by atoms with van der Waals surface area (Å²) >= 11 is 0. The van der Waals surface area contributed by atoms with Gasteiger partial charge in [0.25, 0.3) is 0 Å². The Morgan fingerprint density at radius 1 is 0.755 bits per heavy atom. The van der Waals surface area contributed by atoms with Crippen molar-refractivity contribution in [2.75, 3.05) is 0 Å². The van der Waals surface area contributed by atoms with E-state index in [0.29, 0.717) is 11.8 Å². The summed E-state index contributed by atoms with van der Waals surface area (Å²) in [5.74, 6) is 3.49. The van der Waals surface area contributed by atoms with Gasteiger partial charge in [0.05, 0.1) is 22.4 Å². The minimum atomic E-state index is -0.0790. The van der Waals surface area contributed by atoms with Gasteiger partial charge in [-0.05, 0) is 104 Å². The zero-order valence-electron chi connectivity index (χ0n) is 30.8. The fraction of sp³-hybridized carbons (Fsp3) is 0.364. The molecule has 0 saturated heterocycles. The number of aryl methyl sites for hydroxylation is 1. The molecule has 5 nitrogen and oxygen atoms in total. The van der Waals surface area contributed by atoms with Crippen molar-refractivity contribution in [3.8, 4) is 23.0 Å². The normalized spacial score (nSPS) is 17.1. The van der Waals surface area contributed by atoms with Crippen LogP contribution in [0.1, 0.15) is 102 Å². The standard InChI is InChI=1S/C44H50N4O/c1-27-14-13-15-28(2)41(27)42-29(3)46-48(30(42)4)33-22-32(44(8,9)10)23-35(25-33)49-34-18-19-37-36-16-11-12-17-38(36)47(39(37)26-34)40-24-31(20-21-45-40)43(5,6)7/h11-12,14,16-26,28,41H,13,15H2,1-10H3/t28-,41-/m0/s1. The molecular formula is C44H50N4O. The number of ether oxygens (including phenoxy) is 1. The van der Waals surface area contributed by atoms with Crippen molar-refractivity contribution in [3.63, 3.8) is 0 Å². The molecule has 1 aliphatic carbocycles. The van der Waals surface area contributed by atoms with Gasteiger partial charge in [-0.3, -0.25) is 4.57 Å². The van der Waals surface area contributed by atoms with Gasteiger partial charge in [-0.2, -0.15) is 5.10 Å². The number of hydrogen-bond donors (Lipinski definition) is 0. The summed E-state index contributed by atoms with van der Waals surface area (Å²) in [6, 6.07) is 25.9. The van der Waals surface area contributed by atoms with Gasteiger partial charge in [-0.25, -0.2) is 9.67 Å². The smallest absolute Gasteiger partial charge is 0.137 e. The van der Waals surface area contributed by atoms with E-state index in [-0.39, 0.29) is 10.8 Å². The lowest BCUT2D eigenvalue weighted by Gasteiger charge is -2.29. The largest absolute Gasteiger partial charge is 0.457 e. The van der Waals surface area contributed by atoms with Crippen molar-refractivity contribution in [1.29, 1.82) is 0 Å². The van der Waals surface area contributed by atoms with Crippen molar-refractivity contribution in [3.05, 3.63) is 119 Å². The highest BCUT2D eigenvalue weighted by Crippen LogP contribution is 2.42. The molecule has 49 heavy (non-hydrogen) atoms. The number of hydrogen-bond acceptors (Lipinski definition) is 3. The van der Waals surface area contributed by atoms with Crippen molar-refractivity contribution in [1.82, 2.24) is 19.3 Å². The molecule has 1 aliphatic rings. The summed E-state index contributed by atoms with van der Waals surface area (Å²) in [6.07, 6.45) is 6.72. The molecule has 3 aromatic heterocycles. The number of nitrogens with zero attached hydrogens (tertiary/aromatic N) is 4. The number of rotatable bonds is 5. The van der Waals surface area contributed by atoms with E-state index >= 15 is 0 Å². The molecule has 5 heteroatoms. The predicted molar refractivity (Wildman–Crippen MR) is 204 cm³/mol. The van der Waals surface area contributed by atoms with Gasteiger partial charge in [-0.15, -0.1) is 0 Å². The van der Waals surface area contributed by atoms with Crippen molar-refractivity contribution in [2.45, 2.75) is 98.8 Å². The van der Waals surface area contributed by atoms with Crippen LogP contribution in [0.2, 0.25) is 0 Å². The van der Waals surface area contributed by atoms with Crippen LogP contribution < -0.4 is 4.74 Å². The molecule has 3 heterocycles. The van der Waals surface area contributed by atoms with Crippen LogP contribution >= 0.6 is 0 Å². The molecule has 3 aromatic carbocycles. The zero-order valence-corrected chi connectivity index (χ0v) is 30.8. The summed E-state index contributed by atoms with van der Waals surface area (Å²) in [5, 5.41) is 7.52. The third-order valence-electron chi connectivity index (χ3n) is 10.5. The Hall–Kier alpha value is -4.64. The highest BCUT2D eigenvalue weighted by atomic mass is 16.5. The first kappa shape index (κ1) is 32.9. The molecule has 0 radical (unpaired) electrons. The number of fused-ring (bicyclic) bond motifs is 3. The fourth-order valence-corrected chi connectivity index (χ4v) is 7.79. The van der Waals surface area contributed by atoms with Crippen molar-refractivity contribution in [2.24, 2.45) is 5.92 Å². The average Bonchev–Trinajstić information content (AvgIpc) is 3.53. The monoisotopic (exact) mass is 650 g/mol. The molecule has 0 unspecified atom stereocenters. The molecule has 0 spiro atoms. The van der Waals surface area contributed by atoms with Gasteiger partial charge in [0.1, 0.15) is 17.3 Å². The maximum atomic E-state index is 6.79. The Kier molecular flexibility index (Phi) is 8.09. The van der Waals surface area contributed by atoms with E-state index in [4.69, 9.17) is 14.8 Å². The lowest BCUT2D eigenvalue weighted by atomic mass is 9.75. The molecule has 6 aromatic rings. The second kappa shape index (κ2) is 12.0. The Labute approximate surface area is 291 Å². The molecule has 7 rings (SSSR count). The highest BCUT2D eigenvalue weighted by molar-refractivity contribution is 6.09. The molecule has 0 amide bonds. The molecule has 0 aliphatic heterocycles. The van der Waals surface area contributed by atoms with Crippen LogP contribution in [0, 0.1) is 19.8 Å². The van der Waals surface area contributed by atoms with E-state index in [1.54, 1.807) is 0 Å². The van der Waals surface area contributed by atoms with E-state index in [0.717, 1.165) is 46.2 Å². The van der Waals surface area contributed by atoms with Crippen LogP contribution in [0.15, 0.2) is 90.6 Å². The lowest BCUT2D eigenvalue weighted by molar-refractivity contribution is 0.447. The van der Waals surface area contributed by atoms with E-state index in [1.807, 2.05) is 6.20 Å². The Balaban J connectivity index is 1.34. The number of aromatic nitrogens is 4. The summed E-state index contributed by atoms with van der Waals surface area (Å²) in [4.78, 5) is 4.86. The first-order chi connectivity index (χ1) is 23.2. The van der Waals surface area contributed by atoms with Crippen molar-refractivity contribution >= 4 is 21.8 Å². The molecule has 252 valence electrons. The van der Waals surface area contributed by atoms with Gasteiger partial charge in [0.2, 0.25) is 0 Å². The Morgan fingerprint density at radius 3 is 2.22 bits per heavy atom. The van der Waals surface area contributed by atoms with Gasteiger partial charge < -0.3 is 4.74 Å². The minimum absolute atomic E-state index is 0.0108. The molecule has 2 atom stereocenters. The van der Waals surface area contributed by atoms with Gasteiger partial charge in [-0.1, -0.05) is 78.3 Å². The molecule has 0 N–H and O–H groups in total. The summed E-state index contributed by atoms with van der Waals surface area (Å²) in [6.45, 7) is 22.6. The number of pyridine rings is 1. The van der Waals surface area contributed by atoms with Crippen LogP contribution in [-0.4, -0.2) is 19.3 Å². The molecular weight excluding hydrogens is 601 g/mol. The van der Waals surface area contributed by atoms with Gasteiger partial charge >= 0.3 is 0 Å². The summed E-state index contributed by atoms with van der Waals surface area (Å²) < 4.78 is 11.2. The Morgan fingerprint density at radius 2 is 1.49 bits per heavy atom. The minimum Gasteiger partial charge on any atom is -0.457 e. The van der Waals surface area contributed by atoms with Gasteiger partial charge in [0.15, 0.2) is 0 Å². The second-order valence-corrected chi connectivity index (χ2v) is 16.2. The highest BCUT2D eigenvalue weighted by Gasteiger charge is 2.30. The average molecular weight is 651 g/mol. The van der Waals surface area contributed by atoms with E-state index in [9.17, 15) is 0 Å². The van der Waals surface area contributed by atoms with Crippen LogP contribution in [0.5, 0.6) is 11.5 Å². The van der Waals surface area contributed by atoms with Crippen molar-refractivity contribution < 1.29 is 4.74 Å². The maximum absolute atomic E-state index is 6.79.